The zero-order valence-electron chi connectivity index (χ0n) is 15.8. The van der Waals surface area contributed by atoms with Crippen LogP contribution >= 0.6 is 11.6 Å². The Morgan fingerprint density at radius 3 is 2.77 bits per heavy atom. The Balaban J connectivity index is 1.37. The second kappa shape index (κ2) is 8.31. The van der Waals surface area contributed by atoms with Gasteiger partial charge in [-0.1, -0.05) is 11.6 Å². The van der Waals surface area contributed by atoms with Gasteiger partial charge < -0.3 is 10.3 Å². The van der Waals surface area contributed by atoms with Gasteiger partial charge in [-0.2, -0.15) is 4.31 Å². The van der Waals surface area contributed by atoms with Crippen LogP contribution in [-0.2, 0) is 14.8 Å². The third kappa shape index (κ3) is 4.17. The number of fused-ring (bicyclic) bond motifs is 1. The quantitative estimate of drug-likeness (QED) is 0.620. The van der Waals surface area contributed by atoms with E-state index in [0.29, 0.717) is 29.1 Å². The number of pyridine rings is 1. The van der Waals surface area contributed by atoms with E-state index in [0.717, 1.165) is 0 Å². The number of aromatic amines is 1. The van der Waals surface area contributed by atoms with Gasteiger partial charge in [-0.15, -0.1) is 0 Å². The summed E-state index contributed by atoms with van der Waals surface area (Å²) in [7, 11) is -3.69. The fourth-order valence-corrected chi connectivity index (χ4v) is 5.14. The molecule has 0 unspecified atom stereocenters. The third-order valence-corrected chi connectivity index (χ3v) is 7.11. The van der Waals surface area contributed by atoms with E-state index in [4.69, 9.17) is 11.6 Å². The van der Waals surface area contributed by atoms with E-state index in [1.807, 2.05) is 4.90 Å². The molecule has 1 aromatic carbocycles. The van der Waals surface area contributed by atoms with Gasteiger partial charge in [0, 0.05) is 49.0 Å². The number of anilines is 1. The highest BCUT2D eigenvalue weighted by Crippen LogP contribution is 2.25. The van der Waals surface area contributed by atoms with E-state index in [1.165, 1.54) is 28.7 Å². The van der Waals surface area contributed by atoms with Crippen LogP contribution in [0.1, 0.15) is 0 Å². The second-order valence-corrected chi connectivity index (χ2v) is 9.25. The molecule has 2 aromatic heterocycles. The molecule has 3 heterocycles. The molecule has 11 heteroatoms. The van der Waals surface area contributed by atoms with Gasteiger partial charge in [0.1, 0.15) is 16.4 Å². The average Bonchev–Trinajstić information content (AvgIpc) is 3.16. The molecular weight excluding hydrogens is 433 g/mol. The minimum Gasteiger partial charge on any atom is -0.345 e. The number of piperazine rings is 1. The fraction of sp³-hybridized carbons (Fsp3) is 0.263. The molecule has 0 spiro atoms. The molecule has 1 amide bonds. The Morgan fingerprint density at radius 1 is 1.23 bits per heavy atom. The molecule has 0 saturated carbocycles. The number of nitrogens with zero attached hydrogens (tertiary/aromatic N) is 3. The molecule has 0 bridgehead atoms. The number of halogens is 2. The molecular formula is C19H19ClFN5O3S. The zero-order valence-corrected chi connectivity index (χ0v) is 17.4. The van der Waals surface area contributed by atoms with E-state index >= 15 is 0 Å². The molecule has 2 N–H and O–H groups in total. The van der Waals surface area contributed by atoms with Crippen LogP contribution in [0, 0.1) is 5.82 Å². The second-order valence-electron chi connectivity index (χ2n) is 6.91. The van der Waals surface area contributed by atoms with Gasteiger partial charge in [-0.3, -0.25) is 9.69 Å². The highest BCUT2D eigenvalue weighted by atomic mass is 35.5. The van der Waals surface area contributed by atoms with Crippen molar-refractivity contribution in [3.8, 4) is 0 Å². The predicted molar refractivity (Wildman–Crippen MR) is 111 cm³/mol. The van der Waals surface area contributed by atoms with Crippen molar-refractivity contribution >= 4 is 44.3 Å². The number of hydrogen-bond donors (Lipinski definition) is 2. The van der Waals surface area contributed by atoms with Gasteiger partial charge in [-0.25, -0.2) is 17.8 Å². The van der Waals surface area contributed by atoms with Crippen molar-refractivity contribution in [2.24, 2.45) is 0 Å². The van der Waals surface area contributed by atoms with Gasteiger partial charge in [0.2, 0.25) is 15.9 Å². The van der Waals surface area contributed by atoms with Gasteiger partial charge >= 0.3 is 0 Å². The lowest BCUT2D eigenvalue weighted by Gasteiger charge is -2.33. The summed E-state index contributed by atoms with van der Waals surface area (Å²) in [5.74, 6) is -0.966. The minimum atomic E-state index is -3.69. The van der Waals surface area contributed by atoms with Gasteiger partial charge in [-0.05, 0) is 30.3 Å². The SMILES string of the molecule is O=C(CN1CCN(S(=O)(=O)c2c[nH]c3ncccc23)CC1)Nc1cc(Cl)ccc1F. The lowest BCUT2D eigenvalue weighted by Crippen LogP contribution is -2.50. The number of H-pyrrole nitrogens is 1. The van der Waals surface area contributed by atoms with Crippen LogP contribution in [0.5, 0.6) is 0 Å². The summed E-state index contributed by atoms with van der Waals surface area (Å²) < 4.78 is 41.2. The van der Waals surface area contributed by atoms with Crippen molar-refractivity contribution < 1.29 is 17.6 Å². The fourth-order valence-electron chi connectivity index (χ4n) is 3.40. The number of sulfonamides is 1. The van der Waals surface area contributed by atoms with Crippen LogP contribution in [0.15, 0.2) is 47.6 Å². The Hall–Kier alpha value is -2.53. The largest absolute Gasteiger partial charge is 0.345 e. The molecule has 30 heavy (non-hydrogen) atoms. The molecule has 0 radical (unpaired) electrons. The summed E-state index contributed by atoms with van der Waals surface area (Å²) in [4.78, 5) is 21.3. The van der Waals surface area contributed by atoms with Crippen LogP contribution in [0.25, 0.3) is 11.0 Å². The van der Waals surface area contributed by atoms with Crippen molar-refractivity contribution in [1.29, 1.82) is 0 Å². The summed E-state index contributed by atoms with van der Waals surface area (Å²) >= 11 is 5.83. The topological polar surface area (TPSA) is 98.4 Å². The Kier molecular flexibility index (Phi) is 5.74. The summed E-state index contributed by atoms with van der Waals surface area (Å²) in [6.07, 6.45) is 3.04. The lowest BCUT2D eigenvalue weighted by atomic mass is 10.3. The van der Waals surface area contributed by atoms with Gasteiger partial charge in [0.05, 0.1) is 12.2 Å². The Bertz CT molecular complexity index is 1190. The maximum absolute atomic E-state index is 13.8. The molecule has 0 aliphatic carbocycles. The standard InChI is InChI=1S/C19H19ClFN5O3S/c20-13-3-4-15(21)16(10-13)24-18(27)12-25-6-8-26(9-7-25)30(28,29)17-11-23-19-14(17)2-1-5-22-19/h1-5,10-11H,6-9,12H2,(H,22,23)(H,24,27). The molecule has 1 saturated heterocycles. The number of hydrogen-bond acceptors (Lipinski definition) is 5. The van der Waals surface area contributed by atoms with Crippen LogP contribution < -0.4 is 5.32 Å². The van der Waals surface area contributed by atoms with E-state index < -0.39 is 21.7 Å². The molecule has 8 nitrogen and oxygen atoms in total. The van der Waals surface area contributed by atoms with Crippen LogP contribution in [-0.4, -0.2) is 66.2 Å². The zero-order chi connectivity index (χ0) is 21.3. The summed E-state index contributed by atoms with van der Waals surface area (Å²) in [6.45, 7) is 1.27. The van der Waals surface area contributed by atoms with Crippen LogP contribution in [0.2, 0.25) is 5.02 Å². The average molecular weight is 452 g/mol. The first-order valence-corrected chi connectivity index (χ1v) is 11.1. The molecule has 1 aliphatic heterocycles. The van der Waals surface area contributed by atoms with E-state index in [1.54, 1.807) is 18.3 Å². The first-order chi connectivity index (χ1) is 14.3. The normalized spacial score (nSPS) is 16.1. The van der Waals surface area contributed by atoms with Crippen LogP contribution in [0.3, 0.4) is 0 Å². The lowest BCUT2D eigenvalue weighted by molar-refractivity contribution is -0.117. The highest BCUT2D eigenvalue weighted by molar-refractivity contribution is 7.89. The van der Waals surface area contributed by atoms with Gasteiger partial charge in [0.25, 0.3) is 0 Å². The molecule has 158 valence electrons. The number of rotatable bonds is 5. The Labute approximate surface area is 177 Å². The van der Waals surface area contributed by atoms with E-state index in [9.17, 15) is 17.6 Å². The van der Waals surface area contributed by atoms with Crippen molar-refractivity contribution in [3.63, 3.8) is 0 Å². The van der Waals surface area contributed by atoms with Crippen molar-refractivity contribution in [1.82, 2.24) is 19.2 Å². The van der Waals surface area contributed by atoms with Crippen molar-refractivity contribution in [2.45, 2.75) is 4.90 Å². The maximum atomic E-state index is 13.8. The number of aromatic nitrogens is 2. The number of carbonyl (C=O) groups excluding carboxylic acids is 1. The Morgan fingerprint density at radius 2 is 2.00 bits per heavy atom. The first kappa shape index (κ1) is 20.7. The summed E-state index contributed by atoms with van der Waals surface area (Å²) in [6, 6.07) is 7.32. The smallest absolute Gasteiger partial charge is 0.245 e. The predicted octanol–water partition coefficient (Wildman–Crippen LogP) is 2.30. The number of benzene rings is 1. The molecule has 1 aliphatic rings. The molecule has 0 atom stereocenters. The number of carbonyl (C=O) groups is 1. The van der Waals surface area contributed by atoms with E-state index in [-0.39, 0.29) is 30.2 Å². The van der Waals surface area contributed by atoms with Crippen molar-refractivity contribution in [3.05, 3.63) is 53.6 Å². The first-order valence-electron chi connectivity index (χ1n) is 9.24. The molecule has 3 aromatic rings. The minimum absolute atomic E-state index is 0.0154. The number of amides is 1. The summed E-state index contributed by atoms with van der Waals surface area (Å²) in [5.41, 5.74) is 0.529. The molecule has 1 fully saturated rings. The summed E-state index contributed by atoms with van der Waals surface area (Å²) in [5, 5.41) is 3.36. The monoisotopic (exact) mass is 451 g/mol. The van der Waals surface area contributed by atoms with Crippen molar-refractivity contribution in [2.75, 3.05) is 38.0 Å². The third-order valence-electron chi connectivity index (χ3n) is 4.93. The molecule has 4 rings (SSSR count). The highest BCUT2D eigenvalue weighted by Gasteiger charge is 2.31. The number of nitrogens with one attached hydrogen (secondary N) is 2. The maximum Gasteiger partial charge on any atom is 0.245 e. The van der Waals surface area contributed by atoms with Crippen LogP contribution in [0.4, 0.5) is 10.1 Å². The van der Waals surface area contributed by atoms with Gasteiger partial charge in [0.15, 0.2) is 0 Å². The van der Waals surface area contributed by atoms with E-state index in [2.05, 4.69) is 15.3 Å².